The summed E-state index contributed by atoms with van der Waals surface area (Å²) in [6.45, 7) is -0.0431. The molecule has 0 saturated carbocycles. The van der Waals surface area contributed by atoms with Crippen molar-refractivity contribution in [3.8, 4) is 5.75 Å². The molecule has 20 heavy (non-hydrogen) atoms. The van der Waals surface area contributed by atoms with Crippen LogP contribution in [0.2, 0.25) is 0 Å². The Bertz CT molecular complexity index is 502. The van der Waals surface area contributed by atoms with E-state index < -0.39 is 24.0 Å². The number of carboxylic acid groups (broad SMARTS) is 1. The van der Waals surface area contributed by atoms with E-state index in [4.69, 9.17) is 5.11 Å². The molecule has 0 saturated heterocycles. The maximum absolute atomic E-state index is 12.1. The van der Waals surface area contributed by atoms with E-state index in [1.165, 1.54) is 19.2 Å². The van der Waals surface area contributed by atoms with Crippen LogP contribution in [0.25, 0.3) is 0 Å². The maximum atomic E-state index is 12.1. The second kappa shape index (κ2) is 6.27. The van der Waals surface area contributed by atoms with Crippen molar-refractivity contribution in [1.29, 1.82) is 0 Å². The predicted octanol–water partition coefficient (Wildman–Crippen LogP) is 2.13. The number of aliphatic carboxylic acids is 1. The van der Waals surface area contributed by atoms with Crippen molar-refractivity contribution in [3.05, 3.63) is 29.8 Å². The third-order valence-electron chi connectivity index (χ3n) is 2.32. The first kappa shape index (κ1) is 15.8. The minimum atomic E-state index is -4.84. The number of benzene rings is 1. The lowest BCUT2D eigenvalue weighted by atomic mass is 10.2. The van der Waals surface area contributed by atoms with Gasteiger partial charge in [0.05, 0.1) is 6.42 Å². The van der Waals surface area contributed by atoms with Gasteiger partial charge in [0, 0.05) is 19.2 Å². The molecule has 1 aromatic carbocycles. The zero-order valence-electron chi connectivity index (χ0n) is 10.5. The number of carbonyl (C=O) groups is 2. The van der Waals surface area contributed by atoms with E-state index >= 15 is 0 Å². The lowest BCUT2D eigenvalue weighted by molar-refractivity contribution is -0.274. The highest BCUT2D eigenvalue weighted by molar-refractivity contribution is 5.94. The van der Waals surface area contributed by atoms with Crippen molar-refractivity contribution in [2.45, 2.75) is 12.8 Å². The molecule has 0 atom stereocenters. The molecule has 110 valence electrons. The highest BCUT2D eigenvalue weighted by Gasteiger charge is 2.31. The van der Waals surface area contributed by atoms with Crippen molar-refractivity contribution in [2.75, 3.05) is 13.6 Å². The molecule has 8 heteroatoms. The van der Waals surface area contributed by atoms with E-state index in [2.05, 4.69) is 4.74 Å². The molecule has 0 aliphatic heterocycles. The Balaban J connectivity index is 2.78. The molecule has 0 spiro atoms. The number of ether oxygens (including phenoxy) is 1. The summed E-state index contributed by atoms with van der Waals surface area (Å²) in [5, 5.41) is 8.50. The summed E-state index contributed by atoms with van der Waals surface area (Å²) < 4.78 is 39.9. The number of halogens is 3. The Morgan fingerprint density at radius 2 is 2.00 bits per heavy atom. The van der Waals surface area contributed by atoms with Gasteiger partial charge in [0.25, 0.3) is 5.91 Å². The third-order valence-corrected chi connectivity index (χ3v) is 2.32. The second-order valence-electron chi connectivity index (χ2n) is 3.95. The fourth-order valence-corrected chi connectivity index (χ4v) is 1.41. The van der Waals surface area contributed by atoms with Gasteiger partial charge in [0.15, 0.2) is 0 Å². The van der Waals surface area contributed by atoms with Crippen LogP contribution in [0.4, 0.5) is 13.2 Å². The first-order valence-corrected chi connectivity index (χ1v) is 5.52. The van der Waals surface area contributed by atoms with Gasteiger partial charge >= 0.3 is 12.3 Å². The standard InChI is InChI=1S/C12H12F3NO4/c1-16(6-5-10(17)18)11(19)8-3-2-4-9(7-8)20-12(13,14)15/h2-4,7H,5-6H2,1H3,(H,17,18). The summed E-state index contributed by atoms with van der Waals surface area (Å²) in [6.07, 6.45) is -5.09. The Morgan fingerprint density at radius 3 is 2.55 bits per heavy atom. The number of nitrogens with zero attached hydrogens (tertiary/aromatic N) is 1. The number of hydrogen-bond acceptors (Lipinski definition) is 3. The van der Waals surface area contributed by atoms with E-state index in [0.717, 1.165) is 17.0 Å². The number of rotatable bonds is 5. The van der Waals surface area contributed by atoms with Gasteiger partial charge in [0.1, 0.15) is 5.75 Å². The van der Waals surface area contributed by atoms with E-state index in [1.807, 2.05) is 0 Å². The first-order chi connectivity index (χ1) is 9.19. The van der Waals surface area contributed by atoms with Crippen LogP contribution in [-0.2, 0) is 4.79 Å². The molecule has 5 nitrogen and oxygen atoms in total. The maximum Gasteiger partial charge on any atom is 0.573 e. The van der Waals surface area contributed by atoms with Crippen molar-refractivity contribution in [3.63, 3.8) is 0 Å². The summed E-state index contributed by atoms with van der Waals surface area (Å²) in [4.78, 5) is 23.4. The van der Waals surface area contributed by atoms with Crippen LogP contribution in [0.1, 0.15) is 16.8 Å². The summed E-state index contributed by atoms with van der Waals surface area (Å²) in [6, 6.07) is 4.59. The molecule has 0 aliphatic rings. The number of hydrogen-bond donors (Lipinski definition) is 1. The molecule has 1 aromatic rings. The fraction of sp³-hybridized carbons (Fsp3) is 0.333. The van der Waals surface area contributed by atoms with Crippen LogP contribution in [0.15, 0.2) is 24.3 Å². The fourth-order valence-electron chi connectivity index (χ4n) is 1.41. The number of amides is 1. The summed E-state index contributed by atoms with van der Waals surface area (Å²) >= 11 is 0. The lowest BCUT2D eigenvalue weighted by Crippen LogP contribution is -2.29. The average Bonchev–Trinajstić information content (AvgIpc) is 2.33. The second-order valence-corrected chi connectivity index (χ2v) is 3.95. The topological polar surface area (TPSA) is 66.8 Å². The summed E-state index contributed by atoms with van der Waals surface area (Å²) in [7, 11) is 1.36. The Labute approximate surface area is 112 Å². The third kappa shape index (κ3) is 5.17. The SMILES string of the molecule is CN(CCC(=O)O)C(=O)c1cccc(OC(F)(F)F)c1. The number of alkyl halides is 3. The number of carboxylic acids is 1. The van der Waals surface area contributed by atoms with Gasteiger partial charge in [-0.3, -0.25) is 9.59 Å². The molecule has 0 unspecified atom stereocenters. The van der Waals surface area contributed by atoms with Crippen LogP contribution < -0.4 is 4.74 Å². The molecular formula is C12H12F3NO4. The lowest BCUT2D eigenvalue weighted by Gasteiger charge is -2.16. The average molecular weight is 291 g/mol. The molecule has 0 aromatic heterocycles. The summed E-state index contributed by atoms with van der Waals surface area (Å²) in [5.74, 6) is -2.16. The van der Waals surface area contributed by atoms with Gasteiger partial charge in [-0.25, -0.2) is 0 Å². The Morgan fingerprint density at radius 1 is 1.35 bits per heavy atom. The van der Waals surface area contributed by atoms with Gasteiger partial charge in [-0.05, 0) is 18.2 Å². The molecular weight excluding hydrogens is 279 g/mol. The van der Waals surface area contributed by atoms with Gasteiger partial charge < -0.3 is 14.7 Å². The molecule has 1 rings (SSSR count). The van der Waals surface area contributed by atoms with Gasteiger partial charge in [-0.15, -0.1) is 13.2 Å². The minimum absolute atomic E-state index is 0.0142. The highest BCUT2D eigenvalue weighted by atomic mass is 19.4. The van der Waals surface area contributed by atoms with Gasteiger partial charge in [-0.1, -0.05) is 6.07 Å². The first-order valence-electron chi connectivity index (χ1n) is 5.52. The molecule has 0 fully saturated rings. The van der Waals surface area contributed by atoms with Crippen LogP contribution >= 0.6 is 0 Å². The zero-order chi connectivity index (χ0) is 15.3. The largest absolute Gasteiger partial charge is 0.573 e. The van der Waals surface area contributed by atoms with Crippen LogP contribution in [0.5, 0.6) is 5.75 Å². The monoisotopic (exact) mass is 291 g/mol. The Kier molecular flexibility index (Phi) is 4.95. The summed E-state index contributed by atoms with van der Waals surface area (Å²) in [5.41, 5.74) is -0.0142. The zero-order valence-corrected chi connectivity index (χ0v) is 10.5. The smallest absolute Gasteiger partial charge is 0.481 e. The van der Waals surface area contributed by atoms with Gasteiger partial charge in [0.2, 0.25) is 0 Å². The molecule has 0 heterocycles. The van der Waals surface area contributed by atoms with Crippen LogP contribution in [-0.4, -0.2) is 41.8 Å². The molecule has 0 aliphatic carbocycles. The molecule has 0 bridgehead atoms. The molecule has 1 N–H and O–H groups in total. The van der Waals surface area contributed by atoms with E-state index in [1.54, 1.807) is 0 Å². The number of carbonyl (C=O) groups excluding carboxylic acids is 1. The normalized spacial score (nSPS) is 11.0. The van der Waals surface area contributed by atoms with Crippen molar-refractivity contribution >= 4 is 11.9 Å². The molecule has 0 radical (unpaired) electrons. The highest BCUT2D eigenvalue weighted by Crippen LogP contribution is 2.23. The van der Waals surface area contributed by atoms with E-state index in [-0.39, 0.29) is 18.5 Å². The predicted molar refractivity (Wildman–Crippen MR) is 62.3 cm³/mol. The van der Waals surface area contributed by atoms with Crippen molar-refractivity contribution < 1.29 is 32.6 Å². The van der Waals surface area contributed by atoms with E-state index in [0.29, 0.717) is 0 Å². The van der Waals surface area contributed by atoms with Crippen LogP contribution in [0.3, 0.4) is 0 Å². The quantitative estimate of drug-likeness (QED) is 0.902. The van der Waals surface area contributed by atoms with Crippen molar-refractivity contribution in [1.82, 2.24) is 4.90 Å². The van der Waals surface area contributed by atoms with Gasteiger partial charge in [-0.2, -0.15) is 0 Å². The van der Waals surface area contributed by atoms with Crippen LogP contribution in [0, 0.1) is 0 Å². The van der Waals surface area contributed by atoms with E-state index in [9.17, 15) is 22.8 Å². The minimum Gasteiger partial charge on any atom is -0.481 e. The van der Waals surface area contributed by atoms with Crippen molar-refractivity contribution in [2.24, 2.45) is 0 Å². The Hall–Kier alpha value is -2.25. The molecule has 1 amide bonds.